The van der Waals surface area contributed by atoms with Gasteiger partial charge in [-0.2, -0.15) is 0 Å². The summed E-state index contributed by atoms with van der Waals surface area (Å²) in [4.78, 5) is 15.6. The molecule has 1 fully saturated rings. The average molecular weight is 227 g/mol. The Bertz CT molecular complexity index is 230. The second kappa shape index (κ2) is 6.21. The van der Waals surface area contributed by atoms with Gasteiger partial charge in [-0.25, -0.2) is 0 Å². The number of hydrogen-bond acceptors (Lipinski definition) is 3. The van der Waals surface area contributed by atoms with Crippen LogP contribution in [0.5, 0.6) is 0 Å². The van der Waals surface area contributed by atoms with E-state index in [1.807, 2.05) is 4.90 Å². The van der Waals surface area contributed by atoms with Crippen LogP contribution in [0.2, 0.25) is 0 Å². The van der Waals surface area contributed by atoms with Gasteiger partial charge in [-0.05, 0) is 26.2 Å². The minimum atomic E-state index is 0.206. The molecule has 1 rings (SSSR count). The molecule has 94 valence electrons. The topological polar surface area (TPSA) is 49.6 Å². The number of hydrogen-bond donors (Lipinski definition) is 1. The Labute approximate surface area is 98.8 Å². The molecule has 0 radical (unpaired) electrons. The molecule has 0 unspecified atom stereocenters. The van der Waals surface area contributed by atoms with Crippen molar-refractivity contribution in [2.75, 3.05) is 32.7 Å². The minimum Gasteiger partial charge on any atom is -0.343 e. The summed E-state index contributed by atoms with van der Waals surface area (Å²) in [7, 11) is 0. The second-order valence-electron chi connectivity index (χ2n) is 5.00. The van der Waals surface area contributed by atoms with Crippen LogP contribution in [0, 0.1) is 5.92 Å². The Morgan fingerprint density at radius 3 is 2.69 bits per heavy atom. The van der Waals surface area contributed by atoms with E-state index in [2.05, 4.69) is 18.7 Å². The van der Waals surface area contributed by atoms with Crippen LogP contribution in [0.1, 0.15) is 27.2 Å². The third kappa shape index (κ3) is 3.76. The van der Waals surface area contributed by atoms with Crippen LogP contribution in [-0.2, 0) is 4.79 Å². The molecule has 0 aliphatic carbocycles. The summed E-state index contributed by atoms with van der Waals surface area (Å²) >= 11 is 0. The average Bonchev–Trinajstić information content (AvgIpc) is 2.65. The van der Waals surface area contributed by atoms with Gasteiger partial charge in [0.15, 0.2) is 0 Å². The maximum absolute atomic E-state index is 11.2. The van der Waals surface area contributed by atoms with Gasteiger partial charge in [0.05, 0.1) is 0 Å². The molecule has 0 bridgehead atoms. The highest BCUT2D eigenvalue weighted by atomic mass is 16.2. The summed E-state index contributed by atoms with van der Waals surface area (Å²) in [6.45, 7) is 10.6. The van der Waals surface area contributed by atoms with E-state index >= 15 is 0 Å². The lowest BCUT2D eigenvalue weighted by Gasteiger charge is -2.28. The number of carbonyl (C=O) groups excluding carboxylic acids is 1. The molecule has 0 spiro atoms. The van der Waals surface area contributed by atoms with E-state index in [0.29, 0.717) is 18.5 Å². The number of carbonyl (C=O) groups is 1. The first-order valence-electron chi connectivity index (χ1n) is 6.24. The maximum Gasteiger partial charge on any atom is 0.219 e. The van der Waals surface area contributed by atoms with Crippen molar-refractivity contribution in [2.24, 2.45) is 11.7 Å². The van der Waals surface area contributed by atoms with Crippen molar-refractivity contribution in [1.82, 2.24) is 9.80 Å². The molecule has 1 atom stereocenters. The van der Waals surface area contributed by atoms with Gasteiger partial charge in [0.25, 0.3) is 0 Å². The highest BCUT2D eigenvalue weighted by Gasteiger charge is 2.26. The van der Waals surface area contributed by atoms with E-state index in [4.69, 9.17) is 5.73 Å². The summed E-state index contributed by atoms with van der Waals surface area (Å²) in [6, 6.07) is 0.537. The quantitative estimate of drug-likeness (QED) is 0.745. The monoisotopic (exact) mass is 227 g/mol. The molecule has 1 aliphatic rings. The van der Waals surface area contributed by atoms with Gasteiger partial charge in [0.2, 0.25) is 5.91 Å². The summed E-state index contributed by atoms with van der Waals surface area (Å²) in [5.74, 6) is 0.829. The van der Waals surface area contributed by atoms with Crippen molar-refractivity contribution >= 4 is 5.91 Å². The highest BCUT2D eigenvalue weighted by molar-refractivity contribution is 5.73. The van der Waals surface area contributed by atoms with Gasteiger partial charge in [-0.3, -0.25) is 9.69 Å². The fourth-order valence-corrected chi connectivity index (χ4v) is 2.33. The predicted octanol–water partition coefficient (Wildman–Crippen LogP) is 0.524. The molecule has 1 heterocycles. The smallest absolute Gasteiger partial charge is 0.219 e. The minimum absolute atomic E-state index is 0.206. The van der Waals surface area contributed by atoms with Gasteiger partial charge in [-0.1, -0.05) is 0 Å². The molecule has 4 heteroatoms. The highest BCUT2D eigenvalue weighted by Crippen LogP contribution is 2.18. The maximum atomic E-state index is 11.2. The fourth-order valence-electron chi connectivity index (χ4n) is 2.33. The molecule has 16 heavy (non-hydrogen) atoms. The van der Waals surface area contributed by atoms with Crippen molar-refractivity contribution < 1.29 is 4.79 Å². The summed E-state index contributed by atoms with van der Waals surface area (Å²) in [5, 5.41) is 0. The van der Waals surface area contributed by atoms with E-state index in [1.54, 1.807) is 6.92 Å². The van der Waals surface area contributed by atoms with Crippen LogP contribution < -0.4 is 5.73 Å². The van der Waals surface area contributed by atoms with E-state index in [1.165, 1.54) is 0 Å². The fraction of sp³-hybridized carbons (Fsp3) is 0.917. The molecule has 2 N–H and O–H groups in total. The van der Waals surface area contributed by atoms with Gasteiger partial charge in [-0.15, -0.1) is 0 Å². The van der Waals surface area contributed by atoms with Crippen molar-refractivity contribution in [1.29, 1.82) is 0 Å². The third-order valence-electron chi connectivity index (χ3n) is 3.37. The zero-order valence-corrected chi connectivity index (χ0v) is 10.8. The zero-order valence-electron chi connectivity index (χ0n) is 10.8. The summed E-state index contributed by atoms with van der Waals surface area (Å²) in [6.07, 6.45) is 1.13. The normalized spacial score (nSPS) is 21.1. The Morgan fingerprint density at radius 2 is 2.25 bits per heavy atom. The Hall–Kier alpha value is -0.610. The standard InChI is InChI=1S/C12H25N3O/c1-10(2)14(7-5-13)8-12-4-6-15(9-12)11(3)16/h10,12H,4-9,13H2,1-3H3/t12-/m1/s1. The first-order chi connectivity index (χ1) is 7.54. The Morgan fingerprint density at radius 1 is 1.56 bits per heavy atom. The molecule has 0 saturated carbocycles. The van der Waals surface area contributed by atoms with E-state index in [9.17, 15) is 4.79 Å². The molecule has 1 amide bonds. The summed E-state index contributed by atoms with van der Waals surface area (Å²) < 4.78 is 0. The van der Waals surface area contributed by atoms with E-state index in [-0.39, 0.29) is 5.91 Å². The molecule has 0 aromatic rings. The lowest BCUT2D eigenvalue weighted by Crippen LogP contribution is -2.39. The number of nitrogens with two attached hydrogens (primary N) is 1. The molecule has 4 nitrogen and oxygen atoms in total. The molecular weight excluding hydrogens is 202 g/mol. The molecule has 0 aromatic carbocycles. The molecule has 0 aromatic heterocycles. The number of nitrogens with zero attached hydrogens (tertiary/aromatic N) is 2. The van der Waals surface area contributed by atoms with Gasteiger partial charge in [0.1, 0.15) is 0 Å². The zero-order chi connectivity index (χ0) is 12.1. The number of rotatable bonds is 5. The Balaban J connectivity index is 2.39. The van der Waals surface area contributed by atoms with Gasteiger partial charge < -0.3 is 10.6 Å². The molecular formula is C12H25N3O. The second-order valence-corrected chi connectivity index (χ2v) is 5.00. The third-order valence-corrected chi connectivity index (χ3v) is 3.37. The van der Waals surface area contributed by atoms with Crippen LogP contribution in [0.25, 0.3) is 0 Å². The molecule has 1 aliphatic heterocycles. The molecule has 1 saturated heterocycles. The van der Waals surface area contributed by atoms with Crippen LogP contribution in [0.15, 0.2) is 0 Å². The van der Waals surface area contributed by atoms with Crippen molar-refractivity contribution in [3.05, 3.63) is 0 Å². The Kier molecular flexibility index (Phi) is 5.22. The van der Waals surface area contributed by atoms with Crippen molar-refractivity contribution in [2.45, 2.75) is 33.2 Å². The van der Waals surface area contributed by atoms with Crippen LogP contribution in [0.4, 0.5) is 0 Å². The lowest BCUT2D eigenvalue weighted by atomic mass is 10.1. The van der Waals surface area contributed by atoms with Gasteiger partial charge >= 0.3 is 0 Å². The number of amides is 1. The van der Waals surface area contributed by atoms with Gasteiger partial charge in [0, 0.05) is 45.7 Å². The van der Waals surface area contributed by atoms with Crippen molar-refractivity contribution in [3.63, 3.8) is 0 Å². The van der Waals surface area contributed by atoms with E-state index < -0.39 is 0 Å². The van der Waals surface area contributed by atoms with E-state index in [0.717, 1.165) is 32.6 Å². The summed E-state index contributed by atoms with van der Waals surface area (Å²) in [5.41, 5.74) is 5.61. The van der Waals surface area contributed by atoms with Crippen molar-refractivity contribution in [3.8, 4) is 0 Å². The lowest BCUT2D eigenvalue weighted by molar-refractivity contribution is -0.127. The van der Waals surface area contributed by atoms with Crippen LogP contribution >= 0.6 is 0 Å². The predicted molar refractivity (Wildman–Crippen MR) is 66.1 cm³/mol. The SMILES string of the molecule is CC(=O)N1CC[C@H](CN(CCN)C(C)C)C1. The van der Waals surface area contributed by atoms with Crippen LogP contribution in [0.3, 0.4) is 0 Å². The number of likely N-dealkylation sites (tertiary alicyclic amines) is 1. The van der Waals surface area contributed by atoms with Crippen LogP contribution in [-0.4, -0.2) is 54.5 Å². The first kappa shape index (κ1) is 13.5. The largest absolute Gasteiger partial charge is 0.343 e. The first-order valence-corrected chi connectivity index (χ1v) is 6.24.